The van der Waals surface area contributed by atoms with Crippen molar-refractivity contribution in [2.24, 2.45) is 5.73 Å². The Morgan fingerprint density at radius 2 is 1.97 bits per heavy atom. The van der Waals surface area contributed by atoms with Gasteiger partial charge in [0.15, 0.2) is 6.04 Å². The van der Waals surface area contributed by atoms with Crippen molar-refractivity contribution in [3.05, 3.63) is 77.1 Å². The van der Waals surface area contributed by atoms with Gasteiger partial charge in [0.1, 0.15) is 11.5 Å². The topological polar surface area (TPSA) is 119 Å². The van der Waals surface area contributed by atoms with E-state index in [1.165, 1.54) is 11.0 Å². The van der Waals surface area contributed by atoms with Crippen LogP contribution in [0.5, 0.6) is 5.75 Å². The second kappa shape index (κ2) is 14.5. The van der Waals surface area contributed by atoms with Crippen molar-refractivity contribution in [2.75, 3.05) is 13.2 Å². The average molecular weight is 538 g/mol. The Kier molecular flexibility index (Phi) is 11.7. The van der Waals surface area contributed by atoms with E-state index in [2.05, 4.69) is 18.0 Å². The fourth-order valence-corrected chi connectivity index (χ4v) is 4.02. The lowest BCUT2D eigenvalue weighted by molar-refractivity contribution is -0.149. The van der Waals surface area contributed by atoms with E-state index in [9.17, 15) is 14.7 Å². The minimum absolute atomic E-state index is 0. The van der Waals surface area contributed by atoms with E-state index in [0.29, 0.717) is 43.2 Å². The van der Waals surface area contributed by atoms with Gasteiger partial charge in [0.2, 0.25) is 11.8 Å². The summed E-state index contributed by atoms with van der Waals surface area (Å²) in [6.07, 6.45) is 10.7. The summed E-state index contributed by atoms with van der Waals surface area (Å²) in [6.45, 7) is 14.4. The molecule has 212 valence electrons. The van der Waals surface area contributed by atoms with Crippen molar-refractivity contribution in [3.63, 3.8) is 0 Å². The molecule has 0 saturated carbocycles. The average Bonchev–Trinajstić information content (AvgIpc) is 3.22. The van der Waals surface area contributed by atoms with Crippen LogP contribution in [0.4, 0.5) is 0 Å². The predicted molar refractivity (Wildman–Crippen MR) is 155 cm³/mol. The fraction of sp³-hybridized carbons (Fsp3) is 0.452. The number of carbonyl (C=O) groups excluding carboxylic acids is 1. The number of nitrogens with zero attached hydrogens (tertiary/aromatic N) is 2. The Morgan fingerprint density at radius 1 is 1.28 bits per heavy atom. The van der Waals surface area contributed by atoms with E-state index in [1.54, 1.807) is 24.3 Å². The third kappa shape index (κ3) is 9.87. The predicted octanol–water partition coefficient (Wildman–Crippen LogP) is 5.80. The van der Waals surface area contributed by atoms with E-state index in [1.807, 2.05) is 53.7 Å². The zero-order valence-corrected chi connectivity index (χ0v) is 24.3. The minimum Gasteiger partial charge on any atom is -0.493 e. The number of hydrogen-bond acceptors (Lipinski definition) is 6. The highest BCUT2D eigenvalue weighted by Gasteiger charge is 2.35. The summed E-state index contributed by atoms with van der Waals surface area (Å²) in [5.41, 5.74) is 8.70. The molecular formula is C31H43N3O5. The molecule has 1 unspecified atom stereocenters. The number of carbonyl (C=O) groups is 2. The van der Waals surface area contributed by atoms with Gasteiger partial charge in [0.05, 0.1) is 12.3 Å². The molecule has 3 N–H and O–H groups in total. The highest BCUT2D eigenvalue weighted by molar-refractivity contribution is 5.92. The molecule has 8 nitrogen and oxygen atoms in total. The normalized spacial score (nSPS) is 15.7. The molecule has 0 aliphatic carbocycles. The number of rotatable bonds is 9. The fourth-order valence-electron chi connectivity index (χ4n) is 4.02. The first-order chi connectivity index (χ1) is 18.3. The number of aryl methyl sites for hydroxylation is 1. The van der Waals surface area contributed by atoms with Crippen molar-refractivity contribution in [1.29, 1.82) is 0 Å². The van der Waals surface area contributed by atoms with Crippen LogP contribution in [0.15, 0.2) is 53.0 Å². The maximum absolute atomic E-state index is 12.6. The summed E-state index contributed by atoms with van der Waals surface area (Å²) >= 11 is 0. The van der Waals surface area contributed by atoms with Gasteiger partial charge in [-0.3, -0.25) is 4.79 Å². The van der Waals surface area contributed by atoms with Gasteiger partial charge in [-0.1, -0.05) is 37.3 Å². The van der Waals surface area contributed by atoms with Gasteiger partial charge in [-0.15, -0.1) is 0 Å². The van der Waals surface area contributed by atoms with E-state index in [0.717, 1.165) is 29.0 Å². The summed E-state index contributed by atoms with van der Waals surface area (Å²) in [4.78, 5) is 30.7. The standard InChI is InChI=1S/C27H32N2O5.C4H11N/c1-5-7-8-10-24(30)29-15-13-20-11-12-21(17-22(20)25(29)27(31)32)33-16-14-23-19(4)34-26(28-23)18(3)9-6-2;1-4(2,3)5/h5,7-12,17,25H,6,13-16H2,1-4H3,(H,31,32);5H2,1-3H3/b7-5?,10-8?,18-9+;. The molecule has 39 heavy (non-hydrogen) atoms. The van der Waals surface area contributed by atoms with Crippen LogP contribution in [0.25, 0.3) is 5.57 Å². The molecular weight excluding hydrogens is 494 g/mol. The molecule has 1 aliphatic rings. The van der Waals surface area contributed by atoms with Gasteiger partial charge in [-0.25, -0.2) is 9.78 Å². The first kappa shape index (κ1) is 31.6. The number of amides is 1. The summed E-state index contributed by atoms with van der Waals surface area (Å²) in [7, 11) is 0. The molecule has 3 rings (SSSR count). The van der Waals surface area contributed by atoms with Crippen molar-refractivity contribution in [3.8, 4) is 5.75 Å². The number of hydrogen-bond donors (Lipinski definition) is 2. The van der Waals surface area contributed by atoms with Crippen LogP contribution in [-0.4, -0.2) is 45.6 Å². The minimum atomic E-state index is -1.06. The molecule has 0 bridgehead atoms. The van der Waals surface area contributed by atoms with Gasteiger partial charge in [-0.05, 0) is 77.6 Å². The van der Waals surface area contributed by atoms with Gasteiger partial charge < -0.3 is 24.9 Å². The maximum atomic E-state index is 12.6. The summed E-state index contributed by atoms with van der Waals surface area (Å²) in [5.74, 6) is 0.561. The largest absolute Gasteiger partial charge is 0.493 e. The number of benzene rings is 1. The Balaban J connectivity index is 0.000000976. The smallest absolute Gasteiger partial charge is 0.331 e. The van der Waals surface area contributed by atoms with E-state index >= 15 is 0 Å². The van der Waals surface area contributed by atoms with Crippen LogP contribution in [-0.2, 0) is 22.4 Å². The van der Waals surface area contributed by atoms with Gasteiger partial charge in [0, 0.05) is 30.2 Å². The SMILES string of the molecule is CC(C)(C)N.CC=CC=CC(=O)N1CCc2ccc(OCCc3nc(/C(C)=C/CC)oc3C)cc2C1C(=O)O. The second-order valence-corrected chi connectivity index (χ2v) is 10.5. The number of aliphatic carboxylic acids is 1. The van der Waals surface area contributed by atoms with Crippen molar-refractivity contribution >= 4 is 17.4 Å². The van der Waals surface area contributed by atoms with E-state index in [4.69, 9.17) is 14.9 Å². The first-order valence-corrected chi connectivity index (χ1v) is 13.4. The highest BCUT2D eigenvalue weighted by Crippen LogP contribution is 2.33. The number of allylic oxidation sites excluding steroid dienone is 5. The summed E-state index contributed by atoms with van der Waals surface area (Å²) in [6, 6.07) is 4.41. The van der Waals surface area contributed by atoms with Crippen LogP contribution >= 0.6 is 0 Å². The molecule has 2 heterocycles. The number of fused-ring (bicyclic) bond motifs is 1. The maximum Gasteiger partial charge on any atom is 0.331 e. The summed E-state index contributed by atoms with van der Waals surface area (Å²) in [5, 5.41) is 9.91. The molecule has 0 fully saturated rings. The van der Waals surface area contributed by atoms with Gasteiger partial charge in [-0.2, -0.15) is 0 Å². The third-order valence-electron chi connectivity index (χ3n) is 5.75. The molecule has 1 amide bonds. The first-order valence-electron chi connectivity index (χ1n) is 13.4. The second-order valence-electron chi connectivity index (χ2n) is 10.5. The lowest BCUT2D eigenvalue weighted by Crippen LogP contribution is -2.42. The Hall–Kier alpha value is -3.65. The molecule has 0 spiro atoms. The van der Waals surface area contributed by atoms with Gasteiger partial charge >= 0.3 is 5.97 Å². The quantitative estimate of drug-likeness (QED) is 0.306. The zero-order valence-electron chi connectivity index (χ0n) is 24.3. The third-order valence-corrected chi connectivity index (χ3v) is 5.75. The molecule has 1 aliphatic heterocycles. The van der Waals surface area contributed by atoms with Crippen LogP contribution in [0.1, 0.15) is 82.5 Å². The lowest BCUT2D eigenvalue weighted by Gasteiger charge is -2.34. The Morgan fingerprint density at radius 3 is 2.59 bits per heavy atom. The van der Waals surface area contributed by atoms with E-state index < -0.39 is 12.0 Å². The van der Waals surface area contributed by atoms with E-state index in [-0.39, 0.29) is 11.4 Å². The molecule has 2 aromatic rings. The van der Waals surface area contributed by atoms with Crippen LogP contribution < -0.4 is 10.5 Å². The Bertz CT molecular complexity index is 1210. The number of carboxylic acid groups (broad SMARTS) is 1. The molecule has 1 aromatic heterocycles. The van der Waals surface area contributed by atoms with Gasteiger partial charge in [0.25, 0.3) is 0 Å². The zero-order chi connectivity index (χ0) is 29.2. The molecule has 1 aromatic carbocycles. The molecule has 0 saturated heterocycles. The van der Waals surface area contributed by atoms with Crippen molar-refractivity contribution in [1.82, 2.24) is 9.88 Å². The number of carboxylic acids is 1. The van der Waals surface area contributed by atoms with Crippen LogP contribution in [0.3, 0.4) is 0 Å². The number of nitrogens with two attached hydrogens (primary N) is 1. The van der Waals surface area contributed by atoms with Crippen molar-refractivity contribution < 1.29 is 23.8 Å². The Labute approximate surface area is 232 Å². The number of aromatic nitrogens is 1. The number of ether oxygens (including phenoxy) is 1. The molecule has 8 heteroatoms. The molecule has 0 radical (unpaired) electrons. The number of oxazole rings is 1. The summed E-state index contributed by atoms with van der Waals surface area (Å²) < 4.78 is 11.7. The lowest BCUT2D eigenvalue weighted by atomic mass is 9.92. The van der Waals surface area contributed by atoms with Crippen LogP contribution in [0, 0.1) is 6.92 Å². The highest BCUT2D eigenvalue weighted by atomic mass is 16.5. The van der Waals surface area contributed by atoms with Crippen LogP contribution in [0.2, 0.25) is 0 Å². The van der Waals surface area contributed by atoms with Crippen molar-refractivity contribution in [2.45, 2.75) is 79.3 Å². The molecule has 1 atom stereocenters. The monoisotopic (exact) mass is 537 g/mol.